The van der Waals surface area contributed by atoms with E-state index < -0.39 is 0 Å². The summed E-state index contributed by atoms with van der Waals surface area (Å²) in [7, 11) is 0. The van der Waals surface area contributed by atoms with Crippen LogP contribution in [0.15, 0.2) is 52.0 Å². The number of hydrogen-bond acceptors (Lipinski definition) is 1. The molecular formula is C16H22BrN. The third kappa shape index (κ3) is 6.65. The molecule has 0 spiro atoms. The molecule has 0 radical (unpaired) electrons. The van der Waals surface area contributed by atoms with Crippen LogP contribution in [0, 0.1) is 0 Å². The average Bonchev–Trinajstić information content (AvgIpc) is 2.28. The second kappa shape index (κ2) is 8.15. The van der Waals surface area contributed by atoms with Gasteiger partial charge in [0.2, 0.25) is 0 Å². The van der Waals surface area contributed by atoms with Crippen molar-refractivity contribution in [2.24, 2.45) is 0 Å². The van der Waals surface area contributed by atoms with Gasteiger partial charge in [-0.2, -0.15) is 0 Å². The second-order valence-electron chi connectivity index (χ2n) is 4.76. The normalized spacial score (nSPS) is 11.2. The van der Waals surface area contributed by atoms with Crippen LogP contribution in [0.3, 0.4) is 0 Å². The van der Waals surface area contributed by atoms with Crippen LogP contribution in [0.25, 0.3) is 0 Å². The van der Waals surface area contributed by atoms with Crippen molar-refractivity contribution in [3.05, 3.63) is 52.0 Å². The number of anilines is 1. The van der Waals surface area contributed by atoms with Crippen LogP contribution in [0.5, 0.6) is 0 Å². The van der Waals surface area contributed by atoms with Gasteiger partial charge in [0.15, 0.2) is 0 Å². The first kappa shape index (κ1) is 15.0. The van der Waals surface area contributed by atoms with Crippen LogP contribution in [0.4, 0.5) is 5.69 Å². The van der Waals surface area contributed by atoms with Crippen molar-refractivity contribution in [2.45, 2.75) is 33.6 Å². The standard InChI is InChI=1S/C16H22BrN/c1-13(2)6-4-7-14(3)10-11-18-16-9-5-8-15(17)12-16/h5-6,8-10,12,18H,4,7,11H2,1-3H3/b14-10+. The van der Waals surface area contributed by atoms with E-state index in [4.69, 9.17) is 0 Å². The number of rotatable bonds is 6. The second-order valence-corrected chi connectivity index (χ2v) is 5.68. The molecule has 0 aliphatic heterocycles. The molecular weight excluding hydrogens is 286 g/mol. The first-order valence-electron chi connectivity index (χ1n) is 6.36. The minimum Gasteiger partial charge on any atom is -0.382 e. The molecule has 1 N–H and O–H groups in total. The first-order chi connectivity index (χ1) is 8.58. The molecule has 1 rings (SSSR count). The molecule has 0 saturated heterocycles. The van der Waals surface area contributed by atoms with E-state index in [9.17, 15) is 0 Å². The number of halogens is 1. The number of nitrogens with one attached hydrogen (secondary N) is 1. The SMILES string of the molecule is CC(C)=CCC/C(C)=C/CNc1cccc(Br)c1. The first-order valence-corrected chi connectivity index (χ1v) is 7.15. The Morgan fingerprint density at radius 2 is 2.00 bits per heavy atom. The zero-order valence-electron chi connectivity index (χ0n) is 11.5. The summed E-state index contributed by atoms with van der Waals surface area (Å²) in [6.45, 7) is 7.38. The van der Waals surface area contributed by atoms with Gasteiger partial charge in [0.05, 0.1) is 0 Å². The van der Waals surface area contributed by atoms with E-state index in [1.165, 1.54) is 11.1 Å². The van der Waals surface area contributed by atoms with Gasteiger partial charge in [-0.15, -0.1) is 0 Å². The molecule has 0 aromatic heterocycles. The van der Waals surface area contributed by atoms with Gasteiger partial charge >= 0.3 is 0 Å². The molecule has 98 valence electrons. The van der Waals surface area contributed by atoms with Gasteiger partial charge in [-0.1, -0.05) is 45.3 Å². The predicted molar refractivity (Wildman–Crippen MR) is 85.1 cm³/mol. The largest absolute Gasteiger partial charge is 0.382 e. The minimum atomic E-state index is 0.886. The van der Waals surface area contributed by atoms with Crippen molar-refractivity contribution in [3.8, 4) is 0 Å². The summed E-state index contributed by atoms with van der Waals surface area (Å²) in [4.78, 5) is 0. The Hall–Kier alpha value is -1.02. The highest BCUT2D eigenvalue weighted by Gasteiger charge is 1.92. The van der Waals surface area contributed by atoms with Crippen molar-refractivity contribution in [3.63, 3.8) is 0 Å². The fourth-order valence-corrected chi connectivity index (χ4v) is 2.03. The van der Waals surface area contributed by atoms with Gasteiger partial charge in [0.25, 0.3) is 0 Å². The van der Waals surface area contributed by atoms with Crippen LogP contribution < -0.4 is 5.32 Å². The quantitative estimate of drug-likeness (QED) is 0.679. The van der Waals surface area contributed by atoms with Crippen LogP contribution in [0.2, 0.25) is 0 Å². The van der Waals surface area contributed by atoms with Crippen LogP contribution >= 0.6 is 15.9 Å². The highest BCUT2D eigenvalue weighted by atomic mass is 79.9. The third-order valence-electron chi connectivity index (χ3n) is 2.67. The Morgan fingerprint density at radius 3 is 2.67 bits per heavy atom. The molecule has 0 heterocycles. The van der Waals surface area contributed by atoms with Crippen molar-refractivity contribution >= 4 is 21.6 Å². The van der Waals surface area contributed by atoms with Gasteiger partial charge in [0, 0.05) is 16.7 Å². The maximum Gasteiger partial charge on any atom is 0.0353 e. The molecule has 0 aliphatic carbocycles. The monoisotopic (exact) mass is 307 g/mol. The summed E-state index contributed by atoms with van der Waals surface area (Å²) in [5.41, 5.74) is 3.99. The maximum absolute atomic E-state index is 3.47. The molecule has 0 saturated carbocycles. The lowest BCUT2D eigenvalue weighted by molar-refractivity contribution is 0.959. The van der Waals surface area contributed by atoms with Crippen molar-refractivity contribution < 1.29 is 0 Å². The Kier molecular flexibility index (Phi) is 6.81. The Morgan fingerprint density at radius 1 is 1.22 bits per heavy atom. The molecule has 1 nitrogen and oxygen atoms in total. The van der Waals surface area contributed by atoms with Crippen molar-refractivity contribution in [2.75, 3.05) is 11.9 Å². The van der Waals surface area contributed by atoms with Crippen molar-refractivity contribution in [1.29, 1.82) is 0 Å². The summed E-state index contributed by atoms with van der Waals surface area (Å²) < 4.78 is 1.11. The molecule has 0 amide bonds. The smallest absolute Gasteiger partial charge is 0.0353 e. The summed E-state index contributed by atoms with van der Waals surface area (Å²) in [5, 5.41) is 3.39. The highest BCUT2D eigenvalue weighted by Crippen LogP contribution is 2.15. The molecule has 2 heteroatoms. The lowest BCUT2D eigenvalue weighted by Crippen LogP contribution is -1.98. The van der Waals surface area contributed by atoms with E-state index in [2.05, 4.69) is 66.3 Å². The fraction of sp³-hybridized carbons (Fsp3) is 0.375. The van der Waals surface area contributed by atoms with Crippen LogP contribution in [0.1, 0.15) is 33.6 Å². The molecule has 0 fully saturated rings. The van der Waals surface area contributed by atoms with E-state index in [1.807, 2.05) is 12.1 Å². The maximum atomic E-state index is 3.47. The van der Waals surface area contributed by atoms with Crippen molar-refractivity contribution in [1.82, 2.24) is 0 Å². The molecule has 1 aromatic carbocycles. The summed E-state index contributed by atoms with van der Waals surface area (Å²) in [6.07, 6.45) is 6.84. The molecule has 0 bridgehead atoms. The molecule has 18 heavy (non-hydrogen) atoms. The number of benzene rings is 1. The Bertz CT molecular complexity index is 428. The van der Waals surface area contributed by atoms with Gasteiger partial charge < -0.3 is 5.32 Å². The lowest BCUT2D eigenvalue weighted by Gasteiger charge is -2.05. The summed E-state index contributed by atoms with van der Waals surface area (Å²) >= 11 is 3.47. The van der Waals surface area contributed by atoms with Crippen LogP contribution in [-0.4, -0.2) is 6.54 Å². The lowest BCUT2D eigenvalue weighted by atomic mass is 10.1. The molecule has 0 aliphatic rings. The van der Waals surface area contributed by atoms with Gasteiger partial charge in [-0.3, -0.25) is 0 Å². The predicted octanol–water partition coefficient (Wildman–Crippen LogP) is 5.55. The van der Waals surface area contributed by atoms with E-state index in [0.29, 0.717) is 0 Å². The molecule has 1 aromatic rings. The van der Waals surface area contributed by atoms with E-state index in [-0.39, 0.29) is 0 Å². The third-order valence-corrected chi connectivity index (χ3v) is 3.17. The molecule has 0 atom stereocenters. The zero-order chi connectivity index (χ0) is 13.4. The van der Waals surface area contributed by atoms with Gasteiger partial charge in [-0.25, -0.2) is 0 Å². The fourth-order valence-electron chi connectivity index (χ4n) is 1.63. The van der Waals surface area contributed by atoms with Gasteiger partial charge in [0.1, 0.15) is 0 Å². The number of allylic oxidation sites excluding steroid dienone is 3. The van der Waals surface area contributed by atoms with E-state index >= 15 is 0 Å². The van der Waals surface area contributed by atoms with Crippen LogP contribution in [-0.2, 0) is 0 Å². The Labute approximate surface area is 119 Å². The zero-order valence-corrected chi connectivity index (χ0v) is 13.0. The Balaban J connectivity index is 2.33. The number of hydrogen-bond donors (Lipinski definition) is 1. The summed E-state index contributed by atoms with van der Waals surface area (Å²) in [5.74, 6) is 0. The van der Waals surface area contributed by atoms with E-state index in [1.54, 1.807) is 0 Å². The van der Waals surface area contributed by atoms with Gasteiger partial charge in [-0.05, 0) is 51.8 Å². The topological polar surface area (TPSA) is 12.0 Å². The summed E-state index contributed by atoms with van der Waals surface area (Å²) in [6, 6.07) is 8.24. The highest BCUT2D eigenvalue weighted by molar-refractivity contribution is 9.10. The molecule has 0 unspecified atom stereocenters. The average molecular weight is 308 g/mol. The van der Waals surface area contributed by atoms with E-state index in [0.717, 1.165) is 29.5 Å². The minimum absolute atomic E-state index is 0.886.